The smallest absolute Gasteiger partial charge is 0.324 e. The molecule has 2 amide bonds. The Morgan fingerprint density at radius 3 is 2.19 bits per heavy atom. The molecule has 0 atom stereocenters. The van der Waals surface area contributed by atoms with Gasteiger partial charge in [-0.15, -0.1) is 0 Å². The first-order valence-electron chi connectivity index (χ1n) is 7.90. The lowest BCUT2D eigenvalue weighted by molar-refractivity contribution is -0.0584. The highest BCUT2D eigenvalue weighted by Gasteiger charge is 2.38. The van der Waals surface area contributed by atoms with Crippen molar-refractivity contribution in [3.05, 3.63) is 89.2 Å². The van der Waals surface area contributed by atoms with E-state index in [4.69, 9.17) is 4.84 Å². The summed E-state index contributed by atoms with van der Waals surface area (Å²) in [6.07, 6.45) is 2.84. The number of carbonyl (C=O) groups is 3. The first-order chi connectivity index (χ1) is 12.6. The highest BCUT2D eigenvalue weighted by molar-refractivity contribution is 6.21. The van der Waals surface area contributed by atoms with Crippen LogP contribution >= 0.6 is 0 Å². The third-order valence-corrected chi connectivity index (χ3v) is 3.99. The number of benzene rings is 2. The molecule has 0 saturated carbocycles. The average molecular weight is 347 g/mol. The molecular weight excluding hydrogens is 334 g/mol. The topological polar surface area (TPSA) is 81.5 Å². The third-order valence-electron chi connectivity index (χ3n) is 3.99. The quantitative estimate of drug-likeness (QED) is 0.677. The molecule has 1 aromatic heterocycles. The lowest BCUT2D eigenvalue weighted by Crippen LogP contribution is -2.32. The Labute approximate surface area is 148 Å². The summed E-state index contributed by atoms with van der Waals surface area (Å²) < 4.78 is 1.58. The molecule has 128 valence electrons. The molecule has 7 nitrogen and oxygen atoms in total. The van der Waals surface area contributed by atoms with Gasteiger partial charge in [-0.3, -0.25) is 14.3 Å². The van der Waals surface area contributed by atoms with Crippen LogP contribution in [0, 0.1) is 0 Å². The molecule has 2 heterocycles. The zero-order valence-corrected chi connectivity index (χ0v) is 13.5. The van der Waals surface area contributed by atoms with Gasteiger partial charge in [-0.2, -0.15) is 5.10 Å². The van der Waals surface area contributed by atoms with Gasteiger partial charge < -0.3 is 4.84 Å². The lowest BCUT2D eigenvalue weighted by Gasteiger charge is -2.11. The summed E-state index contributed by atoms with van der Waals surface area (Å²) in [6.45, 7) is 0.487. The zero-order chi connectivity index (χ0) is 18.1. The van der Waals surface area contributed by atoms with Gasteiger partial charge in [0.25, 0.3) is 11.8 Å². The molecule has 0 saturated heterocycles. The molecule has 0 radical (unpaired) electrons. The van der Waals surface area contributed by atoms with Gasteiger partial charge >= 0.3 is 5.97 Å². The van der Waals surface area contributed by atoms with Crippen LogP contribution in [0.4, 0.5) is 0 Å². The zero-order valence-electron chi connectivity index (χ0n) is 13.5. The van der Waals surface area contributed by atoms with E-state index in [1.807, 2.05) is 30.3 Å². The normalized spacial score (nSPS) is 13.0. The maximum Gasteiger partial charge on any atom is 0.367 e. The molecule has 0 fully saturated rings. The number of hydroxylamine groups is 2. The molecule has 0 N–H and O–H groups in total. The monoisotopic (exact) mass is 347 g/mol. The maximum absolute atomic E-state index is 12.3. The van der Waals surface area contributed by atoms with Gasteiger partial charge in [-0.1, -0.05) is 47.5 Å². The first-order valence-corrected chi connectivity index (χ1v) is 7.90. The second-order valence-electron chi connectivity index (χ2n) is 5.74. The predicted octanol–water partition coefficient (Wildman–Crippen LogP) is 2.30. The maximum atomic E-state index is 12.3. The van der Waals surface area contributed by atoms with E-state index in [0.717, 1.165) is 5.56 Å². The Balaban J connectivity index is 1.48. The van der Waals surface area contributed by atoms with Crippen LogP contribution < -0.4 is 0 Å². The Kier molecular flexibility index (Phi) is 3.81. The Morgan fingerprint density at radius 2 is 1.54 bits per heavy atom. The summed E-state index contributed by atoms with van der Waals surface area (Å²) in [5.74, 6) is -2.13. The second kappa shape index (κ2) is 6.29. The average Bonchev–Trinajstić information content (AvgIpc) is 3.22. The molecule has 4 rings (SSSR count). The summed E-state index contributed by atoms with van der Waals surface area (Å²) in [6, 6.07) is 15.9. The number of rotatable bonds is 4. The highest BCUT2D eigenvalue weighted by Crippen LogP contribution is 2.23. The lowest BCUT2D eigenvalue weighted by atomic mass is 10.1. The number of fused-ring (bicyclic) bond motifs is 1. The van der Waals surface area contributed by atoms with Crippen LogP contribution in [0.1, 0.15) is 36.6 Å². The number of hydrogen-bond donors (Lipinski definition) is 0. The van der Waals surface area contributed by atoms with E-state index in [2.05, 4.69) is 5.10 Å². The fraction of sp³-hybridized carbons (Fsp3) is 0.0526. The standard InChI is InChI=1S/C19H13N3O4/c23-17-15-8-4-5-9-16(15)18(24)22(17)26-19(25)14-10-20-21(12-14)11-13-6-2-1-3-7-13/h1-10,12H,11H2. The number of imide groups is 1. The summed E-state index contributed by atoms with van der Waals surface area (Å²) in [7, 11) is 0. The molecule has 26 heavy (non-hydrogen) atoms. The Bertz CT molecular complexity index is 975. The van der Waals surface area contributed by atoms with Crippen molar-refractivity contribution in [2.45, 2.75) is 6.54 Å². The van der Waals surface area contributed by atoms with Crippen LogP contribution in [0.3, 0.4) is 0 Å². The predicted molar refractivity (Wildman–Crippen MR) is 90.1 cm³/mol. The Morgan fingerprint density at radius 1 is 0.923 bits per heavy atom. The third kappa shape index (κ3) is 2.75. The van der Waals surface area contributed by atoms with Gasteiger partial charge in [0.2, 0.25) is 0 Å². The molecule has 0 bridgehead atoms. The number of nitrogens with zero attached hydrogens (tertiary/aromatic N) is 3. The van der Waals surface area contributed by atoms with Gasteiger partial charge in [0.15, 0.2) is 0 Å². The molecule has 1 aliphatic rings. The van der Waals surface area contributed by atoms with E-state index in [1.54, 1.807) is 16.8 Å². The summed E-state index contributed by atoms with van der Waals surface area (Å²) in [5, 5.41) is 4.60. The minimum atomic E-state index is -0.821. The van der Waals surface area contributed by atoms with Crippen molar-refractivity contribution in [3.63, 3.8) is 0 Å². The molecule has 2 aromatic carbocycles. The largest absolute Gasteiger partial charge is 0.367 e. The van der Waals surface area contributed by atoms with Crippen LogP contribution in [0.5, 0.6) is 0 Å². The van der Waals surface area contributed by atoms with Crippen molar-refractivity contribution in [2.24, 2.45) is 0 Å². The molecular formula is C19H13N3O4. The van der Waals surface area contributed by atoms with Crippen LogP contribution in [0.2, 0.25) is 0 Å². The van der Waals surface area contributed by atoms with E-state index in [1.165, 1.54) is 24.5 Å². The van der Waals surface area contributed by atoms with E-state index in [-0.39, 0.29) is 16.7 Å². The SMILES string of the molecule is O=C(ON1C(=O)c2ccccc2C1=O)c1cnn(Cc2ccccc2)c1. The summed E-state index contributed by atoms with van der Waals surface area (Å²) >= 11 is 0. The van der Waals surface area contributed by atoms with E-state index in [0.29, 0.717) is 11.6 Å². The van der Waals surface area contributed by atoms with E-state index in [9.17, 15) is 14.4 Å². The number of carbonyl (C=O) groups excluding carboxylic acids is 3. The van der Waals surface area contributed by atoms with Crippen LogP contribution in [-0.4, -0.2) is 32.6 Å². The Hall–Kier alpha value is -3.74. The van der Waals surface area contributed by atoms with E-state index < -0.39 is 17.8 Å². The highest BCUT2D eigenvalue weighted by atomic mass is 16.7. The molecule has 7 heteroatoms. The minimum absolute atomic E-state index is 0.150. The van der Waals surface area contributed by atoms with Crippen molar-refractivity contribution in [1.29, 1.82) is 0 Å². The van der Waals surface area contributed by atoms with Crippen molar-refractivity contribution in [1.82, 2.24) is 14.8 Å². The first kappa shape index (κ1) is 15.8. The van der Waals surface area contributed by atoms with Gasteiger partial charge in [-0.05, 0) is 17.7 Å². The number of aromatic nitrogens is 2. The van der Waals surface area contributed by atoms with Crippen molar-refractivity contribution in [2.75, 3.05) is 0 Å². The molecule has 3 aromatic rings. The minimum Gasteiger partial charge on any atom is -0.324 e. The number of amides is 2. The van der Waals surface area contributed by atoms with Crippen molar-refractivity contribution < 1.29 is 19.2 Å². The summed E-state index contributed by atoms with van der Waals surface area (Å²) in [4.78, 5) is 41.8. The molecule has 0 spiro atoms. The second-order valence-corrected chi connectivity index (χ2v) is 5.74. The molecule has 1 aliphatic heterocycles. The van der Waals surface area contributed by atoms with Crippen LogP contribution in [0.15, 0.2) is 67.0 Å². The van der Waals surface area contributed by atoms with Gasteiger partial charge in [0.1, 0.15) is 0 Å². The fourth-order valence-electron chi connectivity index (χ4n) is 2.71. The van der Waals surface area contributed by atoms with Crippen LogP contribution in [0.25, 0.3) is 0 Å². The van der Waals surface area contributed by atoms with Crippen molar-refractivity contribution in [3.8, 4) is 0 Å². The molecule has 0 aliphatic carbocycles. The van der Waals surface area contributed by atoms with Gasteiger partial charge in [0, 0.05) is 6.20 Å². The fourth-order valence-corrected chi connectivity index (χ4v) is 2.71. The molecule has 0 unspecified atom stereocenters. The van der Waals surface area contributed by atoms with E-state index >= 15 is 0 Å². The van der Waals surface area contributed by atoms with Crippen molar-refractivity contribution >= 4 is 17.8 Å². The van der Waals surface area contributed by atoms with Gasteiger partial charge in [-0.25, -0.2) is 4.79 Å². The summed E-state index contributed by atoms with van der Waals surface area (Å²) in [5.41, 5.74) is 1.60. The van der Waals surface area contributed by atoms with Gasteiger partial charge in [0.05, 0.1) is 29.4 Å². The van der Waals surface area contributed by atoms with Crippen LogP contribution in [-0.2, 0) is 11.4 Å². The number of hydrogen-bond acceptors (Lipinski definition) is 5.